The molecule has 1 unspecified atom stereocenters. The van der Waals surface area contributed by atoms with Gasteiger partial charge in [-0.25, -0.2) is 17.7 Å². The smallest absolute Gasteiger partial charge is 0.224 e. The van der Waals surface area contributed by atoms with Gasteiger partial charge in [0.15, 0.2) is 0 Å². The van der Waals surface area contributed by atoms with E-state index < -0.39 is 10.0 Å². The zero-order valence-corrected chi connectivity index (χ0v) is 18.0. The molecule has 1 saturated heterocycles. The number of amides is 1. The van der Waals surface area contributed by atoms with Crippen LogP contribution < -0.4 is 0 Å². The summed E-state index contributed by atoms with van der Waals surface area (Å²) in [5.74, 6) is 1.03. The van der Waals surface area contributed by atoms with Crippen LogP contribution in [0.3, 0.4) is 0 Å². The molecular weight excluding hydrogens is 388 g/mol. The van der Waals surface area contributed by atoms with E-state index >= 15 is 0 Å². The van der Waals surface area contributed by atoms with Gasteiger partial charge in [-0.05, 0) is 31.7 Å². The number of carbonyl (C=O) groups is 1. The van der Waals surface area contributed by atoms with Crippen LogP contribution in [-0.4, -0.2) is 59.3 Å². The molecule has 0 bridgehead atoms. The Labute approximate surface area is 173 Å². The normalized spacial score (nSPS) is 18.0. The summed E-state index contributed by atoms with van der Waals surface area (Å²) in [5.41, 5.74) is 0.791. The van der Waals surface area contributed by atoms with Gasteiger partial charge < -0.3 is 9.47 Å². The van der Waals surface area contributed by atoms with Gasteiger partial charge in [0.25, 0.3) is 0 Å². The first kappa shape index (κ1) is 21.5. The zero-order chi connectivity index (χ0) is 20.9. The zero-order valence-electron chi connectivity index (χ0n) is 17.2. The number of benzene rings is 1. The Hall–Kier alpha value is -2.19. The number of aryl methyl sites for hydroxylation is 2. The van der Waals surface area contributed by atoms with E-state index in [1.54, 1.807) is 13.2 Å². The van der Waals surface area contributed by atoms with E-state index in [0.29, 0.717) is 32.5 Å². The Morgan fingerprint density at radius 2 is 1.97 bits per heavy atom. The molecule has 158 valence electrons. The van der Waals surface area contributed by atoms with Crippen LogP contribution in [0.25, 0.3) is 0 Å². The predicted molar refractivity (Wildman–Crippen MR) is 113 cm³/mol. The van der Waals surface area contributed by atoms with Gasteiger partial charge >= 0.3 is 0 Å². The molecule has 3 rings (SSSR count). The minimum atomic E-state index is -3.39. The van der Waals surface area contributed by atoms with Crippen LogP contribution in [0.4, 0.5) is 0 Å². The summed E-state index contributed by atoms with van der Waals surface area (Å²) < 4.78 is 29.1. The monoisotopic (exact) mass is 418 g/mol. The summed E-state index contributed by atoms with van der Waals surface area (Å²) in [7, 11) is -1.72. The summed E-state index contributed by atoms with van der Waals surface area (Å²) in [6.45, 7) is 3.82. The fourth-order valence-electron chi connectivity index (χ4n) is 3.82. The molecule has 1 aliphatic rings. The minimum absolute atomic E-state index is 0.00768. The first-order valence-electron chi connectivity index (χ1n) is 10.1. The molecule has 8 heteroatoms. The minimum Gasteiger partial charge on any atom is -0.343 e. The van der Waals surface area contributed by atoms with Crippen molar-refractivity contribution < 1.29 is 13.2 Å². The molecule has 1 fully saturated rings. The number of hydrogen-bond acceptors (Lipinski definition) is 4. The molecule has 0 spiro atoms. The molecule has 7 nitrogen and oxygen atoms in total. The number of carbonyl (C=O) groups excluding carboxylic acids is 1. The number of sulfonamides is 1. The number of aromatic nitrogens is 2. The van der Waals surface area contributed by atoms with Crippen LogP contribution in [0.15, 0.2) is 42.7 Å². The van der Waals surface area contributed by atoms with Crippen LogP contribution in [0.5, 0.6) is 0 Å². The average molecular weight is 419 g/mol. The fourth-order valence-corrected chi connectivity index (χ4v) is 5.30. The van der Waals surface area contributed by atoms with Gasteiger partial charge in [-0.3, -0.25) is 4.79 Å². The SMILES string of the molecule is Cc1nccn1CCC(=O)N1CCCC(N(C)S(=O)(=O)Cc2ccccc2)CC1. The van der Waals surface area contributed by atoms with E-state index in [9.17, 15) is 13.2 Å². The molecule has 1 amide bonds. The Morgan fingerprint density at radius 1 is 1.21 bits per heavy atom. The molecule has 1 aliphatic heterocycles. The standard InChI is InChI=1S/C21H30N4O3S/c1-18-22-12-16-24(18)15-11-21(26)25-13-6-9-20(10-14-25)23(2)29(27,28)17-19-7-4-3-5-8-19/h3-5,7-8,12,16,20H,6,9-11,13-15,17H2,1-2H3. The third-order valence-electron chi connectivity index (χ3n) is 5.69. The van der Waals surface area contributed by atoms with Crippen LogP contribution >= 0.6 is 0 Å². The number of likely N-dealkylation sites (tertiary alicyclic amines) is 1. The Kier molecular flexibility index (Phi) is 7.08. The summed E-state index contributed by atoms with van der Waals surface area (Å²) in [6, 6.07) is 9.18. The molecule has 1 atom stereocenters. The van der Waals surface area contributed by atoms with Crippen molar-refractivity contribution in [2.24, 2.45) is 0 Å². The van der Waals surface area contributed by atoms with Gasteiger partial charge in [-0.2, -0.15) is 0 Å². The lowest BCUT2D eigenvalue weighted by Crippen LogP contribution is -2.39. The highest BCUT2D eigenvalue weighted by Crippen LogP contribution is 2.21. The summed E-state index contributed by atoms with van der Waals surface area (Å²) in [6.07, 6.45) is 6.31. The summed E-state index contributed by atoms with van der Waals surface area (Å²) >= 11 is 0. The number of imidazole rings is 1. The maximum absolute atomic E-state index is 12.8. The Bertz CT molecular complexity index is 911. The van der Waals surface area contributed by atoms with E-state index in [0.717, 1.165) is 24.2 Å². The van der Waals surface area contributed by atoms with Gasteiger partial charge in [0.1, 0.15) is 5.82 Å². The van der Waals surface area contributed by atoms with Crippen LogP contribution in [0, 0.1) is 6.92 Å². The van der Waals surface area contributed by atoms with Crippen molar-refractivity contribution in [2.75, 3.05) is 20.1 Å². The van der Waals surface area contributed by atoms with Crippen molar-refractivity contribution in [1.82, 2.24) is 18.8 Å². The molecule has 0 N–H and O–H groups in total. The predicted octanol–water partition coefficient (Wildman–Crippen LogP) is 2.42. The van der Waals surface area contributed by atoms with Gasteiger partial charge in [0.05, 0.1) is 5.75 Å². The van der Waals surface area contributed by atoms with Gasteiger partial charge in [-0.1, -0.05) is 30.3 Å². The Balaban J connectivity index is 1.54. The number of nitrogens with zero attached hydrogens (tertiary/aromatic N) is 4. The lowest BCUT2D eigenvalue weighted by molar-refractivity contribution is -0.131. The van der Waals surface area contributed by atoms with Crippen molar-refractivity contribution in [2.45, 2.75) is 50.9 Å². The van der Waals surface area contributed by atoms with Gasteiger partial charge in [-0.15, -0.1) is 0 Å². The van der Waals surface area contributed by atoms with Crippen LogP contribution in [0.2, 0.25) is 0 Å². The molecule has 0 saturated carbocycles. The third-order valence-corrected chi connectivity index (χ3v) is 7.56. The number of rotatable bonds is 7. The molecule has 0 aliphatic carbocycles. The van der Waals surface area contributed by atoms with Crippen LogP contribution in [-0.2, 0) is 27.1 Å². The summed E-state index contributed by atoms with van der Waals surface area (Å²) in [4.78, 5) is 18.7. The van der Waals surface area contributed by atoms with E-state index in [1.165, 1.54) is 4.31 Å². The van der Waals surface area contributed by atoms with Crippen molar-refractivity contribution >= 4 is 15.9 Å². The quantitative estimate of drug-likeness (QED) is 0.692. The Morgan fingerprint density at radius 3 is 2.66 bits per heavy atom. The second-order valence-corrected chi connectivity index (χ2v) is 9.67. The first-order chi connectivity index (χ1) is 13.9. The van der Waals surface area contributed by atoms with Gasteiger partial charge in [0, 0.05) is 51.5 Å². The molecule has 2 heterocycles. The maximum atomic E-state index is 12.8. The molecule has 29 heavy (non-hydrogen) atoms. The highest BCUT2D eigenvalue weighted by atomic mass is 32.2. The average Bonchev–Trinajstić information content (AvgIpc) is 2.96. The fraction of sp³-hybridized carbons (Fsp3) is 0.524. The van der Waals surface area contributed by atoms with E-state index in [4.69, 9.17) is 0 Å². The lowest BCUT2D eigenvalue weighted by Gasteiger charge is -2.27. The second-order valence-electron chi connectivity index (χ2n) is 7.64. The van der Waals surface area contributed by atoms with Gasteiger partial charge in [0.2, 0.25) is 15.9 Å². The van der Waals surface area contributed by atoms with Crippen molar-refractivity contribution in [3.8, 4) is 0 Å². The van der Waals surface area contributed by atoms with Crippen molar-refractivity contribution in [3.63, 3.8) is 0 Å². The molecule has 0 radical (unpaired) electrons. The van der Waals surface area contributed by atoms with E-state index in [1.807, 2.05) is 52.9 Å². The van der Waals surface area contributed by atoms with E-state index in [2.05, 4.69) is 4.98 Å². The first-order valence-corrected chi connectivity index (χ1v) is 11.7. The lowest BCUT2D eigenvalue weighted by atomic mass is 10.1. The largest absolute Gasteiger partial charge is 0.343 e. The topological polar surface area (TPSA) is 75.5 Å². The molecule has 1 aromatic carbocycles. The molecule has 2 aromatic rings. The van der Waals surface area contributed by atoms with Crippen molar-refractivity contribution in [3.05, 3.63) is 54.1 Å². The van der Waals surface area contributed by atoms with Crippen molar-refractivity contribution in [1.29, 1.82) is 0 Å². The van der Waals surface area contributed by atoms with E-state index in [-0.39, 0.29) is 17.7 Å². The second kappa shape index (κ2) is 9.54. The highest BCUT2D eigenvalue weighted by Gasteiger charge is 2.29. The van der Waals surface area contributed by atoms with Crippen LogP contribution in [0.1, 0.15) is 37.1 Å². The maximum Gasteiger partial charge on any atom is 0.224 e. The number of hydrogen-bond donors (Lipinski definition) is 0. The molecular formula is C21H30N4O3S. The molecule has 1 aromatic heterocycles. The highest BCUT2D eigenvalue weighted by molar-refractivity contribution is 7.88. The summed E-state index contributed by atoms with van der Waals surface area (Å²) in [5, 5.41) is 0. The third kappa shape index (κ3) is 5.67.